The van der Waals surface area contributed by atoms with Crippen LogP contribution in [0, 0.1) is 0 Å². The van der Waals surface area contributed by atoms with Crippen LogP contribution in [0.4, 0.5) is 13.2 Å². The molecule has 0 atom stereocenters. The van der Waals surface area contributed by atoms with E-state index in [1.54, 1.807) is 0 Å². The SMILES string of the molecule is CCCCCCS(=O)(=O)C(F)(F)F. The van der Waals surface area contributed by atoms with E-state index in [0.717, 1.165) is 12.8 Å². The summed E-state index contributed by atoms with van der Waals surface area (Å²) in [7, 11) is -4.88. The molecule has 0 N–H and O–H groups in total. The summed E-state index contributed by atoms with van der Waals surface area (Å²) < 4.78 is 56.2. The second kappa shape index (κ2) is 4.83. The zero-order valence-corrected chi connectivity index (χ0v) is 8.21. The maximum absolute atomic E-state index is 11.8. The van der Waals surface area contributed by atoms with Crippen LogP contribution in [0.15, 0.2) is 0 Å². The van der Waals surface area contributed by atoms with Gasteiger partial charge in [-0.25, -0.2) is 8.42 Å². The molecule has 2 nitrogen and oxygen atoms in total. The lowest BCUT2D eigenvalue weighted by atomic mass is 10.2. The summed E-state index contributed by atoms with van der Waals surface area (Å²) in [6.45, 7) is 1.90. The van der Waals surface area contributed by atoms with Crippen LogP contribution in [0.1, 0.15) is 32.6 Å². The van der Waals surface area contributed by atoms with Crippen molar-refractivity contribution >= 4 is 9.84 Å². The van der Waals surface area contributed by atoms with Gasteiger partial charge in [-0.2, -0.15) is 13.2 Å². The predicted octanol–water partition coefficient (Wildman–Crippen LogP) is 2.50. The second-order valence-corrected chi connectivity index (χ2v) is 4.93. The summed E-state index contributed by atoms with van der Waals surface area (Å²) in [6.07, 6.45) is 2.26. The quantitative estimate of drug-likeness (QED) is 0.664. The Labute approximate surface area is 76.1 Å². The van der Waals surface area contributed by atoms with Gasteiger partial charge in [0, 0.05) is 0 Å². The number of unbranched alkanes of at least 4 members (excludes halogenated alkanes) is 3. The highest BCUT2D eigenvalue weighted by molar-refractivity contribution is 7.92. The average Bonchev–Trinajstić information content (AvgIpc) is 1.96. The van der Waals surface area contributed by atoms with Crippen LogP contribution in [0.3, 0.4) is 0 Å². The Balaban J connectivity index is 3.92. The zero-order chi connectivity index (χ0) is 10.5. The second-order valence-electron chi connectivity index (χ2n) is 2.83. The maximum Gasteiger partial charge on any atom is 0.497 e. The Kier molecular flexibility index (Phi) is 4.74. The van der Waals surface area contributed by atoms with Gasteiger partial charge in [-0.3, -0.25) is 0 Å². The van der Waals surface area contributed by atoms with E-state index in [2.05, 4.69) is 0 Å². The molecule has 13 heavy (non-hydrogen) atoms. The predicted molar refractivity (Wildman–Crippen MR) is 44.0 cm³/mol. The highest BCUT2D eigenvalue weighted by atomic mass is 32.2. The third-order valence-corrected chi connectivity index (χ3v) is 3.15. The number of rotatable bonds is 5. The van der Waals surface area contributed by atoms with Gasteiger partial charge < -0.3 is 0 Å². The molecule has 80 valence electrons. The van der Waals surface area contributed by atoms with Crippen LogP contribution in [0.5, 0.6) is 0 Å². The average molecular weight is 218 g/mol. The van der Waals surface area contributed by atoms with Crippen molar-refractivity contribution in [1.82, 2.24) is 0 Å². The van der Waals surface area contributed by atoms with Crippen LogP contribution in [0.2, 0.25) is 0 Å². The normalized spacial score (nSPS) is 13.2. The first-order valence-corrected chi connectivity index (χ1v) is 5.75. The lowest BCUT2D eigenvalue weighted by Crippen LogP contribution is -2.26. The zero-order valence-electron chi connectivity index (χ0n) is 7.39. The van der Waals surface area contributed by atoms with Gasteiger partial charge in [-0.1, -0.05) is 26.2 Å². The van der Waals surface area contributed by atoms with E-state index in [-0.39, 0.29) is 6.42 Å². The third kappa shape index (κ3) is 4.50. The van der Waals surface area contributed by atoms with Crippen molar-refractivity contribution in [3.05, 3.63) is 0 Å². The molecule has 0 spiro atoms. The molecule has 0 heterocycles. The Morgan fingerprint density at radius 2 is 1.62 bits per heavy atom. The van der Waals surface area contributed by atoms with Crippen LogP contribution in [0.25, 0.3) is 0 Å². The molecule has 0 aliphatic rings. The molecule has 0 rings (SSSR count). The number of alkyl halides is 3. The minimum Gasteiger partial charge on any atom is -0.220 e. The summed E-state index contributed by atoms with van der Waals surface area (Å²) in [4.78, 5) is 0. The van der Waals surface area contributed by atoms with Crippen LogP contribution in [-0.4, -0.2) is 19.7 Å². The smallest absolute Gasteiger partial charge is 0.220 e. The molecule has 0 saturated heterocycles. The highest BCUT2D eigenvalue weighted by Crippen LogP contribution is 2.24. The van der Waals surface area contributed by atoms with E-state index in [1.807, 2.05) is 6.92 Å². The van der Waals surface area contributed by atoms with Crippen molar-refractivity contribution in [2.24, 2.45) is 0 Å². The van der Waals surface area contributed by atoms with Gasteiger partial charge in [-0.05, 0) is 6.42 Å². The number of halogens is 3. The fourth-order valence-corrected chi connectivity index (χ4v) is 1.65. The molecule has 0 amide bonds. The topological polar surface area (TPSA) is 34.1 Å². The molecule has 0 aromatic rings. The first-order chi connectivity index (χ1) is 5.81. The summed E-state index contributed by atoms with van der Waals surface area (Å²) in [5.74, 6) is -0.781. The molecular weight excluding hydrogens is 205 g/mol. The van der Waals surface area contributed by atoms with Gasteiger partial charge in [0.15, 0.2) is 0 Å². The van der Waals surface area contributed by atoms with Crippen LogP contribution >= 0.6 is 0 Å². The Morgan fingerprint density at radius 3 is 2.00 bits per heavy atom. The van der Waals surface area contributed by atoms with Gasteiger partial charge in [0.05, 0.1) is 5.75 Å². The largest absolute Gasteiger partial charge is 0.497 e. The standard InChI is InChI=1S/C7H13F3O2S/c1-2-3-4-5-6-13(11,12)7(8,9)10/h2-6H2,1H3. The molecule has 0 aromatic carbocycles. The monoisotopic (exact) mass is 218 g/mol. The first kappa shape index (κ1) is 12.7. The van der Waals surface area contributed by atoms with Crippen LogP contribution in [-0.2, 0) is 9.84 Å². The maximum atomic E-state index is 11.8. The van der Waals surface area contributed by atoms with Crippen molar-refractivity contribution < 1.29 is 21.6 Å². The fourth-order valence-electron chi connectivity index (χ4n) is 0.835. The third-order valence-electron chi connectivity index (χ3n) is 1.62. The Morgan fingerprint density at radius 1 is 1.08 bits per heavy atom. The van der Waals surface area contributed by atoms with Gasteiger partial charge in [0.1, 0.15) is 0 Å². The van der Waals surface area contributed by atoms with E-state index < -0.39 is 21.1 Å². The van der Waals surface area contributed by atoms with Crippen LogP contribution < -0.4 is 0 Å². The first-order valence-electron chi connectivity index (χ1n) is 4.10. The molecule has 0 aliphatic carbocycles. The van der Waals surface area contributed by atoms with Gasteiger partial charge in [0.2, 0.25) is 9.84 Å². The number of hydrogen-bond acceptors (Lipinski definition) is 2. The van der Waals surface area contributed by atoms with Crippen molar-refractivity contribution in [3.63, 3.8) is 0 Å². The Hall–Kier alpha value is -0.260. The molecule has 6 heteroatoms. The van der Waals surface area contributed by atoms with Crippen molar-refractivity contribution in [2.45, 2.75) is 38.1 Å². The molecule has 0 aliphatic heterocycles. The minimum atomic E-state index is -5.08. The molecule has 0 saturated carbocycles. The van der Waals surface area contributed by atoms with E-state index in [0.29, 0.717) is 6.42 Å². The van der Waals surface area contributed by atoms with Gasteiger partial charge >= 0.3 is 5.51 Å². The number of sulfone groups is 1. The lowest BCUT2D eigenvalue weighted by molar-refractivity contribution is -0.0435. The fraction of sp³-hybridized carbons (Fsp3) is 1.00. The van der Waals surface area contributed by atoms with Crippen molar-refractivity contribution in [3.8, 4) is 0 Å². The molecule has 0 radical (unpaired) electrons. The Bertz CT molecular complexity index is 231. The van der Waals surface area contributed by atoms with Gasteiger partial charge in [0.25, 0.3) is 0 Å². The summed E-state index contributed by atoms with van der Waals surface area (Å²) in [5.41, 5.74) is -5.08. The van der Waals surface area contributed by atoms with E-state index >= 15 is 0 Å². The molecular formula is C7H13F3O2S. The van der Waals surface area contributed by atoms with E-state index in [9.17, 15) is 21.6 Å². The summed E-state index contributed by atoms with van der Waals surface area (Å²) in [5, 5.41) is 0. The molecule has 0 unspecified atom stereocenters. The van der Waals surface area contributed by atoms with E-state index in [1.165, 1.54) is 0 Å². The van der Waals surface area contributed by atoms with Gasteiger partial charge in [-0.15, -0.1) is 0 Å². The highest BCUT2D eigenvalue weighted by Gasteiger charge is 2.44. The van der Waals surface area contributed by atoms with Crippen molar-refractivity contribution in [2.75, 3.05) is 5.75 Å². The number of hydrogen-bond donors (Lipinski definition) is 0. The molecule has 0 bridgehead atoms. The van der Waals surface area contributed by atoms with Crippen molar-refractivity contribution in [1.29, 1.82) is 0 Å². The lowest BCUT2D eigenvalue weighted by Gasteiger charge is -2.06. The van der Waals surface area contributed by atoms with E-state index in [4.69, 9.17) is 0 Å². The summed E-state index contributed by atoms with van der Waals surface area (Å²) >= 11 is 0. The molecule has 0 fully saturated rings. The minimum absolute atomic E-state index is 0.0929. The molecule has 0 aromatic heterocycles. The summed E-state index contributed by atoms with van der Waals surface area (Å²) in [6, 6.07) is 0.